The molecular formula is C10H17IN4O. The first-order valence-electron chi connectivity index (χ1n) is 5.15. The van der Waals surface area contributed by atoms with Gasteiger partial charge in [-0.1, -0.05) is 0 Å². The number of hydrogen-bond donors (Lipinski definition) is 2. The molecule has 0 saturated heterocycles. The average molecular weight is 336 g/mol. The van der Waals surface area contributed by atoms with Crippen molar-refractivity contribution in [3.63, 3.8) is 0 Å². The normalized spacial score (nSPS) is 12.8. The van der Waals surface area contributed by atoms with Gasteiger partial charge in [-0.3, -0.25) is 4.79 Å². The maximum Gasteiger partial charge on any atom is 0.266 e. The van der Waals surface area contributed by atoms with E-state index in [0.717, 1.165) is 13.0 Å². The number of nitrogens with one attached hydrogen (secondary N) is 2. The third-order valence-corrected chi connectivity index (χ3v) is 3.19. The number of rotatable bonds is 5. The Morgan fingerprint density at radius 3 is 2.94 bits per heavy atom. The highest BCUT2D eigenvalue weighted by atomic mass is 127. The first-order chi connectivity index (χ1) is 7.50. The van der Waals surface area contributed by atoms with Crippen molar-refractivity contribution in [1.29, 1.82) is 0 Å². The first kappa shape index (κ1) is 13.4. The van der Waals surface area contributed by atoms with E-state index >= 15 is 0 Å². The van der Waals surface area contributed by atoms with Gasteiger partial charge >= 0.3 is 0 Å². The second-order valence-electron chi connectivity index (χ2n) is 4.03. The Bertz CT molecular complexity index is 391. The molecule has 0 aliphatic carbocycles. The fourth-order valence-electron chi connectivity index (χ4n) is 1.24. The van der Waals surface area contributed by atoms with Crippen LogP contribution in [-0.2, 0) is 0 Å². The van der Waals surface area contributed by atoms with Crippen LogP contribution in [0.4, 0.5) is 5.82 Å². The van der Waals surface area contributed by atoms with E-state index in [-0.39, 0.29) is 5.56 Å². The molecule has 0 saturated carbocycles. The maximum atomic E-state index is 11.3. The van der Waals surface area contributed by atoms with E-state index in [9.17, 15) is 4.79 Å². The van der Waals surface area contributed by atoms with Gasteiger partial charge in [0.05, 0.1) is 6.33 Å². The van der Waals surface area contributed by atoms with Gasteiger partial charge in [0, 0.05) is 6.04 Å². The van der Waals surface area contributed by atoms with E-state index in [0.29, 0.717) is 15.4 Å². The quantitative estimate of drug-likeness (QED) is 0.792. The van der Waals surface area contributed by atoms with Gasteiger partial charge in [0.2, 0.25) is 0 Å². The van der Waals surface area contributed by atoms with Crippen molar-refractivity contribution in [2.24, 2.45) is 0 Å². The van der Waals surface area contributed by atoms with Crippen LogP contribution in [0.2, 0.25) is 0 Å². The Labute approximate surface area is 109 Å². The lowest BCUT2D eigenvalue weighted by molar-refractivity contribution is 0.390. The van der Waals surface area contributed by atoms with Crippen molar-refractivity contribution in [1.82, 2.24) is 14.9 Å². The van der Waals surface area contributed by atoms with Gasteiger partial charge in [0.15, 0.2) is 0 Å². The van der Waals surface area contributed by atoms with Gasteiger partial charge in [-0.25, -0.2) is 4.98 Å². The van der Waals surface area contributed by atoms with Crippen LogP contribution in [0.5, 0.6) is 0 Å². The van der Waals surface area contributed by atoms with E-state index in [1.165, 1.54) is 6.33 Å². The van der Waals surface area contributed by atoms with Gasteiger partial charge in [-0.05, 0) is 56.6 Å². The minimum atomic E-state index is -0.0992. The molecule has 2 N–H and O–H groups in total. The predicted octanol–water partition coefficient (Wildman–Crippen LogP) is 1.13. The summed E-state index contributed by atoms with van der Waals surface area (Å²) in [5, 5.41) is 3.24. The highest BCUT2D eigenvalue weighted by molar-refractivity contribution is 14.1. The Morgan fingerprint density at radius 2 is 2.31 bits per heavy atom. The van der Waals surface area contributed by atoms with Gasteiger partial charge < -0.3 is 15.2 Å². The first-order valence-corrected chi connectivity index (χ1v) is 6.23. The number of H-pyrrole nitrogens is 1. The summed E-state index contributed by atoms with van der Waals surface area (Å²) in [6.45, 7) is 3.09. The van der Waals surface area contributed by atoms with Crippen molar-refractivity contribution in [2.45, 2.75) is 19.4 Å². The minimum Gasteiger partial charge on any atom is -0.366 e. The second kappa shape index (κ2) is 6.19. The summed E-state index contributed by atoms with van der Waals surface area (Å²) in [5.41, 5.74) is -0.0992. The summed E-state index contributed by atoms with van der Waals surface area (Å²) in [6.07, 6.45) is 2.43. The molecule has 0 fully saturated rings. The van der Waals surface area contributed by atoms with Gasteiger partial charge in [0.25, 0.3) is 5.56 Å². The molecule has 1 aromatic rings. The molecule has 0 spiro atoms. The smallest absolute Gasteiger partial charge is 0.266 e. The van der Waals surface area contributed by atoms with Crippen LogP contribution in [-0.4, -0.2) is 41.5 Å². The van der Waals surface area contributed by atoms with Crippen LogP contribution < -0.4 is 10.9 Å². The SMILES string of the molecule is CC(CCN(C)C)Nc1nc[nH]c(=O)c1I. The number of hydrogen-bond acceptors (Lipinski definition) is 4. The van der Waals surface area contributed by atoms with Crippen LogP contribution in [0, 0.1) is 3.57 Å². The molecule has 16 heavy (non-hydrogen) atoms. The summed E-state index contributed by atoms with van der Waals surface area (Å²) in [6, 6.07) is 0.296. The summed E-state index contributed by atoms with van der Waals surface area (Å²) in [5.74, 6) is 0.663. The zero-order chi connectivity index (χ0) is 12.1. The maximum absolute atomic E-state index is 11.3. The molecule has 1 rings (SSSR count). The topological polar surface area (TPSA) is 61.0 Å². The van der Waals surface area contributed by atoms with E-state index < -0.39 is 0 Å². The Hall–Kier alpha value is -0.630. The van der Waals surface area contributed by atoms with Crippen molar-refractivity contribution in [3.05, 3.63) is 20.3 Å². The number of nitrogens with zero attached hydrogens (tertiary/aromatic N) is 2. The van der Waals surface area contributed by atoms with Gasteiger partial charge in [-0.15, -0.1) is 0 Å². The van der Waals surface area contributed by atoms with Crippen LogP contribution in [0.15, 0.2) is 11.1 Å². The molecule has 0 radical (unpaired) electrons. The standard InChI is InChI=1S/C10H17IN4O/c1-7(4-5-15(2)3)14-9-8(11)10(16)13-6-12-9/h6-7H,4-5H2,1-3H3,(H2,12,13,14,16). The van der Waals surface area contributed by atoms with Crippen molar-refractivity contribution in [2.75, 3.05) is 26.0 Å². The molecule has 1 aromatic heterocycles. The third kappa shape index (κ3) is 4.09. The lowest BCUT2D eigenvalue weighted by Gasteiger charge is -2.17. The summed E-state index contributed by atoms with van der Waals surface area (Å²) < 4.78 is 0.608. The second-order valence-corrected chi connectivity index (χ2v) is 5.11. The van der Waals surface area contributed by atoms with Gasteiger partial charge in [0.1, 0.15) is 9.39 Å². The minimum absolute atomic E-state index is 0.0992. The zero-order valence-electron chi connectivity index (χ0n) is 9.75. The molecular weight excluding hydrogens is 319 g/mol. The van der Waals surface area contributed by atoms with Crippen LogP contribution in [0.25, 0.3) is 0 Å². The zero-order valence-corrected chi connectivity index (χ0v) is 11.9. The lowest BCUT2D eigenvalue weighted by atomic mass is 10.2. The number of anilines is 1. The number of aromatic nitrogens is 2. The molecule has 1 heterocycles. The highest BCUT2D eigenvalue weighted by Gasteiger charge is 2.08. The summed E-state index contributed by atoms with van der Waals surface area (Å²) >= 11 is 2.00. The summed E-state index contributed by atoms with van der Waals surface area (Å²) in [4.78, 5) is 20.1. The molecule has 0 aliphatic rings. The lowest BCUT2D eigenvalue weighted by Crippen LogP contribution is -2.25. The number of aromatic amines is 1. The fourth-order valence-corrected chi connectivity index (χ4v) is 1.69. The van der Waals surface area contributed by atoms with Gasteiger partial charge in [-0.2, -0.15) is 0 Å². The predicted molar refractivity (Wildman–Crippen MR) is 73.8 cm³/mol. The Kier molecular flexibility index (Phi) is 5.20. The van der Waals surface area contributed by atoms with Crippen molar-refractivity contribution in [3.8, 4) is 0 Å². The van der Waals surface area contributed by atoms with Crippen molar-refractivity contribution < 1.29 is 0 Å². The van der Waals surface area contributed by atoms with Crippen molar-refractivity contribution >= 4 is 28.4 Å². The molecule has 90 valence electrons. The molecule has 6 heteroatoms. The Balaban J connectivity index is 2.59. The van der Waals surface area contributed by atoms with Crippen LogP contribution in [0.1, 0.15) is 13.3 Å². The van der Waals surface area contributed by atoms with E-state index in [1.54, 1.807) is 0 Å². The van der Waals surface area contributed by atoms with E-state index in [1.807, 2.05) is 36.7 Å². The molecule has 1 unspecified atom stereocenters. The molecule has 1 atom stereocenters. The molecule has 0 aromatic carbocycles. The monoisotopic (exact) mass is 336 g/mol. The van der Waals surface area contributed by atoms with Crippen LogP contribution in [0.3, 0.4) is 0 Å². The molecule has 5 nitrogen and oxygen atoms in total. The highest BCUT2D eigenvalue weighted by Crippen LogP contribution is 2.11. The molecule has 0 amide bonds. The van der Waals surface area contributed by atoms with Crippen LogP contribution >= 0.6 is 22.6 Å². The fraction of sp³-hybridized carbons (Fsp3) is 0.600. The molecule has 0 bridgehead atoms. The number of halogens is 1. The van der Waals surface area contributed by atoms with E-state index in [2.05, 4.69) is 27.1 Å². The van der Waals surface area contributed by atoms with E-state index in [4.69, 9.17) is 0 Å². The third-order valence-electron chi connectivity index (χ3n) is 2.19. The average Bonchev–Trinajstić information content (AvgIpc) is 2.22. The largest absolute Gasteiger partial charge is 0.366 e. The Morgan fingerprint density at radius 1 is 1.62 bits per heavy atom. The summed E-state index contributed by atoms with van der Waals surface area (Å²) in [7, 11) is 4.09. The molecule has 0 aliphatic heterocycles.